The second-order valence-corrected chi connectivity index (χ2v) is 11.4. The topological polar surface area (TPSA) is 6.25 Å². The first-order valence-corrected chi connectivity index (χ1v) is 10.8. The Bertz CT molecular complexity index is 758. The lowest BCUT2D eigenvalue weighted by molar-refractivity contribution is -0.462. The molecule has 114 valence electrons. The third-order valence-electron chi connectivity index (χ3n) is 4.76. The quantitative estimate of drug-likeness (QED) is 0.571. The summed E-state index contributed by atoms with van der Waals surface area (Å²) in [5, 5.41) is 3.09. The number of benzene rings is 1. The Labute approximate surface area is 134 Å². The van der Waals surface area contributed by atoms with Gasteiger partial charge in [-0.15, -0.1) is 0 Å². The fraction of sp³-hybridized carbons (Fsp3) is 0.316. The molecule has 22 heavy (non-hydrogen) atoms. The van der Waals surface area contributed by atoms with Crippen LogP contribution in [-0.4, -0.2) is 46.6 Å². The fourth-order valence-electron chi connectivity index (χ4n) is 3.29. The molecular weight excluding hydrogens is 284 g/mol. The van der Waals surface area contributed by atoms with Crippen LogP contribution in [0.25, 0.3) is 6.08 Å². The minimum atomic E-state index is -1.67. The Morgan fingerprint density at radius 2 is 1.73 bits per heavy atom. The van der Waals surface area contributed by atoms with Crippen molar-refractivity contribution in [1.29, 1.82) is 0 Å². The number of rotatable bonds is 1. The molecule has 0 amide bonds. The molecule has 0 unspecified atom stereocenters. The number of fused-ring (bicyclic) bond motifs is 2. The van der Waals surface area contributed by atoms with Gasteiger partial charge in [-0.1, -0.05) is 19.2 Å². The number of allylic oxidation sites excluding steroid dienone is 5. The van der Waals surface area contributed by atoms with Crippen LogP contribution in [0.1, 0.15) is 5.56 Å². The van der Waals surface area contributed by atoms with E-state index in [1.807, 2.05) is 0 Å². The maximum absolute atomic E-state index is 2.47. The van der Waals surface area contributed by atoms with Crippen molar-refractivity contribution >= 4 is 30.7 Å². The van der Waals surface area contributed by atoms with Gasteiger partial charge in [-0.25, -0.2) is 4.58 Å². The number of nitrogens with zero attached hydrogens (tertiary/aromatic N) is 2. The van der Waals surface area contributed by atoms with Crippen LogP contribution in [0.2, 0.25) is 13.1 Å². The highest BCUT2D eigenvalue weighted by atomic mass is 28.3. The van der Waals surface area contributed by atoms with Gasteiger partial charge in [0.05, 0.1) is 0 Å². The molecule has 0 saturated carbocycles. The molecular formula is C19H25N2Si+. The van der Waals surface area contributed by atoms with Gasteiger partial charge in [0.1, 0.15) is 22.2 Å². The van der Waals surface area contributed by atoms with Gasteiger partial charge in [0, 0.05) is 31.9 Å². The second kappa shape index (κ2) is 5.09. The Kier molecular flexibility index (Phi) is 3.48. The summed E-state index contributed by atoms with van der Waals surface area (Å²) in [6.45, 7) is 4.94. The van der Waals surface area contributed by atoms with Crippen LogP contribution in [0, 0.1) is 0 Å². The molecule has 0 spiro atoms. The molecule has 3 rings (SSSR count). The van der Waals surface area contributed by atoms with Crippen molar-refractivity contribution in [2.75, 3.05) is 33.1 Å². The Morgan fingerprint density at radius 3 is 2.36 bits per heavy atom. The van der Waals surface area contributed by atoms with Gasteiger partial charge in [0.25, 0.3) is 0 Å². The lowest BCUT2D eigenvalue weighted by Gasteiger charge is -2.35. The first kappa shape index (κ1) is 15.0. The molecule has 1 aromatic carbocycles. The molecule has 1 aliphatic heterocycles. The summed E-state index contributed by atoms with van der Waals surface area (Å²) >= 11 is 0. The zero-order chi connectivity index (χ0) is 16.1. The summed E-state index contributed by atoms with van der Waals surface area (Å²) in [5.74, 6) is 0. The van der Waals surface area contributed by atoms with Gasteiger partial charge in [-0.3, -0.25) is 0 Å². The van der Waals surface area contributed by atoms with Crippen molar-refractivity contribution in [3.63, 3.8) is 0 Å². The standard InChI is InChI=1S/C19H25N2Si/c1-20(2)16-9-7-14-11-15-8-10-17(21(3)4)13-19(15)22(5,6)18(14)12-16/h7-13H,1-6H3/q+1. The summed E-state index contributed by atoms with van der Waals surface area (Å²) < 4.78 is 2.19. The minimum Gasteiger partial charge on any atom is -0.378 e. The van der Waals surface area contributed by atoms with Crippen LogP contribution < -0.4 is 10.1 Å². The van der Waals surface area contributed by atoms with Crippen molar-refractivity contribution in [2.24, 2.45) is 0 Å². The van der Waals surface area contributed by atoms with Crippen LogP contribution in [0.15, 0.2) is 47.2 Å². The van der Waals surface area contributed by atoms with Gasteiger partial charge >= 0.3 is 0 Å². The highest BCUT2D eigenvalue weighted by Gasteiger charge is 2.36. The van der Waals surface area contributed by atoms with Crippen molar-refractivity contribution in [3.05, 3.63) is 52.8 Å². The van der Waals surface area contributed by atoms with E-state index >= 15 is 0 Å². The van der Waals surface area contributed by atoms with Crippen LogP contribution in [0.3, 0.4) is 0 Å². The summed E-state index contributed by atoms with van der Waals surface area (Å²) in [5.41, 5.74) is 5.37. The highest BCUT2D eigenvalue weighted by Crippen LogP contribution is 2.34. The smallest absolute Gasteiger partial charge is 0.199 e. The molecule has 1 heterocycles. The Balaban J connectivity index is 2.22. The van der Waals surface area contributed by atoms with Crippen molar-refractivity contribution in [3.8, 4) is 0 Å². The molecule has 0 bridgehead atoms. The number of anilines is 1. The summed E-state index contributed by atoms with van der Waals surface area (Å²) in [4.78, 5) is 2.19. The third kappa shape index (κ3) is 2.30. The van der Waals surface area contributed by atoms with E-state index in [2.05, 4.69) is 93.3 Å². The number of hydrogen-bond acceptors (Lipinski definition) is 1. The molecule has 2 nitrogen and oxygen atoms in total. The molecule has 2 aliphatic rings. The van der Waals surface area contributed by atoms with Crippen molar-refractivity contribution in [1.82, 2.24) is 0 Å². The van der Waals surface area contributed by atoms with E-state index in [4.69, 9.17) is 0 Å². The molecule has 3 heteroatoms. The van der Waals surface area contributed by atoms with E-state index in [0.717, 1.165) is 0 Å². The molecule has 1 aromatic rings. The predicted molar refractivity (Wildman–Crippen MR) is 100 cm³/mol. The maximum Gasteiger partial charge on any atom is 0.199 e. The Hall–Kier alpha value is -1.87. The van der Waals surface area contributed by atoms with E-state index in [1.165, 1.54) is 22.5 Å². The molecule has 0 saturated heterocycles. The van der Waals surface area contributed by atoms with Crippen molar-refractivity contribution < 1.29 is 4.58 Å². The predicted octanol–water partition coefficient (Wildman–Crippen LogP) is 2.81. The lowest BCUT2D eigenvalue weighted by atomic mass is 10.0. The first-order chi connectivity index (χ1) is 10.3. The summed E-state index contributed by atoms with van der Waals surface area (Å²) in [6.07, 6.45) is 9.24. The molecule has 0 aromatic heterocycles. The van der Waals surface area contributed by atoms with Crippen LogP contribution in [0.5, 0.6) is 0 Å². The molecule has 0 N–H and O–H groups in total. The molecule has 0 radical (unpaired) electrons. The van der Waals surface area contributed by atoms with E-state index in [9.17, 15) is 0 Å². The highest BCUT2D eigenvalue weighted by molar-refractivity contribution is 6.97. The SMILES string of the molecule is CN(C)c1ccc2c(c1)[Si](C)(C)C1=CC(=[N+](C)C)C=CC1=C2. The normalized spacial score (nSPS) is 18.2. The zero-order valence-corrected chi connectivity index (χ0v) is 15.4. The summed E-state index contributed by atoms with van der Waals surface area (Å²) in [6, 6.07) is 6.89. The van der Waals surface area contributed by atoms with Gasteiger partial charge in [-0.2, -0.15) is 0 Å². The zero-order valence-electron chi connectivity index (χ0n) is 14.4. The van der Waals surface area contributed by atoms with Gasteiger partial charge in [0.15, 0.2) is 5.71 Å². The maximum atomic E-state index is 2.47. The Morgan fingerprint density at radius 1 is 1.00 bits per heavy atom. The minimum absolute atomic E-state index is 1.29. The number of hydrogen-bond donors (Lipinski definition) is 0. The van der Waals surface area contributed by atoms with E-state index < -0.39 is 8.07 Å². The van der Waals surface area contributed by atoms with E-state index in [-0.39, 0.29) is 0 Å². The van der Waals surface area contributed by atoms with Crippen LogP contribution in [0.4, 0.5) is 5.69 Å². The summed E-state index contributed by atoms with van der Waals surface area (Å²) in [7, 11) is 6.78. The monoisotopic (exact) mass is 309 g/mol. The third-order valence-corrected chi connectivity index (χ3v) is 8.32. The first-order valence-electron chi connectivity index (χ1n) is 7.79. The molecule has 0 atom stereocenters. The van der Waals surface area contributed by atoms with Gasteiger partial charge < -0.3 is 4.90 Å². The van der Waals surface area contributed by atoms with Gasteiger partial charge in [0.2, 0.25) is 0 Å². The molecule has 1 aliphatic carbocycles. The largest absolute Gasteiger partial charge is 0.378 e. The molecule has 0 fully saturated rings. The average molecular weight is 310 g/mol. The van der Waals surface area contributed by atoms with Crippen molar-refractivity contribution in [2.45, 2.75) is 13.1 Å². The van der Waals surface area contributed by atoms with E-state index in [0.29, 0.717) is 0 Å². The van der Waals surface area contributed by atoms with Gasteiger partial charge in [-0.05, 0) is 45.8 Å². The fourth-order valence-corrected chi connectivity index (χ4v) is 6.35. The van der Waals surface area contributed by atoms with Crippen LogP contribution in [-0.2, 0) is 0 Å². The average Bonchev–Trinajstić information content (AvgIpc) is 2.46. The van der Waals surface area contributed by atoms with Crippen LogP contribution >= 0.6 is 0 Å². The van der Waals surface area contributed by atoms with E-state index in [1.54, 1.807) is 10.4 Å². The second-order valence-electron chi connectivity index (χ2n) is 7.10. The lowest BCUT2D eigenvalue weighted by Crippen LogP contribution is -2.48.